The molecule has 0 aliphatic heterocycles. The van der Waals surface area contributed by atoms with Crippen LogP contribution in [0.3, 0.4) is 0 Å². The maximum atomic E-state index is 12.1. The van der Waals surface area contributed by atoms with Gasteiger partial charge in [-0.1, -0.05) is 28.9 Å². The van der Waals surface area contributed by atoms with E-state index in [9.17, 15) is 14.7 Å². The topological polar surface area (TPSA) is 114 Å². The first-order valence-electron chi connectivity index (χ1n) is 7.90. The summed E-state index contributed by atoms with van der Waals surface area (Å²) in [4.78, 5) is 30.3. The number of aromatic nitrogens is 4. The Hall–Kier alpha value is -2.71. The summed E-state index contributed by atoms with van der Waals surface area (Å²) in [5, 5.41) is 14.5. The van der Waals surface area contributed by atoms with Crippen LogP contribution in [0.2, 0.25) is 5.02 Å². The van der Waals surface area contributed by atoms with Crippen LogP contribution in [0, 0.1) is 6.92 Å². The van der Waals surface area contributed by atoms with Crippen molar-refractivity contribution in [3.05, 3.63) is 79.1 Å². The largest absolute Gasteiger partial charge is 0.388 e. The van der Waals surface area contributed by atoms with E-state index in [1.54, 1.807) is 24.3 Å². The van der Waals surface area contributed by atoms with Crippen LogP contribution in [-0.2, 0) is 13.0 Å². The molecule has 0 aliphatic carbocycles. The molecule has 0 spiro atoms. The summed E-state index contributed by atoms with van der Waals surface area (Å²) >= 11 is 5.81. The van der Waals surface area contributed by atoms with Gasteiger partial charge in [0.05, 0.1) is 7.47 Å². The molecule has 8 nitrogen and oxygen atoms in total. The lowest BCUT2D eigenvalue weighted by Gasteiger charge is -2.08. The number of hydrogen-bond donors (Lipinski definition) is 2. The van der Waals surface area contributed by atoms with Crippen molar-refractivity contribution in [2.24, 2.45) is 0 Å². The Bertz CT molecular complexity index is 1040. The first kappa shape index (κ1) is 15.8. The van der Waals surface area contributed by atoms with Gasteiger partial charge in [-0.3, -0.25) is 9.36 Å². The number of hydrogen-bond acceptors (Lipinski definition) is 6. The number of benzene rings is 1. The van der Waals surface area contributed by atoms with Gasteiger partial charge in [0.25, 0.3) is 5.56 Å². The van der Waals surface area contributed by atoms with Crippen LogP contribution in [0.25, 0.3) is 0 Å². The molecule has 1 aromatic carbocycles. The monoisotopic (exact) mass is 363 g/mol. The highest BCUT2D eigenvalue weighted by Crippen LogP contribution is 2.19. The average molecular weight is 364 g/mol. The smallest absolute Gasteiger partial charge is 0.328 e. The number of rotatable bonds is 5. The summed E-state index contributed by atoms with van der Waals surface area (Å²) in [6.07, 6.45) is -0.983. The standard InChI is InChI=1S/C16H15ClN4O4/c1-9-7-18-16(24)21(15(9)23)8-14-19-13(20-25-14)6-12(22)10-2-4-11(17)5-3-10/h2-5,7,12,22H,6,8H2,1H3,(H,18,24)/t12-/m0/s1/i7D. The molecule has 3 rings (SSSR count). The van der Waals surface area contributed by atoms with E-state index in [2.05, 4.69) is 15.1 Å². The molecule has 0 unspecified atom stereocenters. The van der Waals surface area contributed by atoms with E-state index in [0.29, 0.717) is 10.6 Å². The Morgan fingerprint density at radius 2 is 2.12 bits per heavy atom. The van der Waals surface area contributed by atoms with Gasteiger partial charge < -0.3 is 14.6 Å². The van der Waals surface area contributed by atoms with Crippen molar-refractivity contribution in [2.45, 2.75) is 26.0 Å². The number of halogens is 1. The molecule has 2 aromatic heterocycles. The second kappa shape index (κ2) is 7.04. The minimum atomic E-state index is -0.853. The van der Waals surface area contributed by atoms with E-state index in [4.69, 9.17) is 17.5 Å². The minimum Gasteiger partial charge on any atom is -0.388 e. The number of nitrogens with zero attached hydrogens (tertiary/aromatic N) is 3. The highest BCUT2D eigenvalue weighted by atomic mass is 35.5. The number of H-pyrrole nitrogens is 1. The molecular weight excluding hydrogens is 348 g/mol. The van der Waals surface area contributed by atoms with E-state index >= 15 is 0 Å². The first-order valence-corrected chi connectivity index (χ1v) is 7.78. The molecule has 9 heteroatoms. The number of aliphatic hydroxyl groups excluding tert-OH is 1. The lowest BCUT2D eigenvalue weighted by molar-refractivity contribution is 0.174. The Morgan fingerprint density at radius 3 is 2.84 bits per heavy atom. The second-order valence-electron chi connectivity index (χ2n) is 5.45. The fraction of sp³-hybridized carbons (Fsp3) is 0.250. The van der Waals surface area contributed by atoms with Crippen LogP contribution < -0.4 is 11.2 Å². The molecule has 0 aliphatic rings. The molecular formula is C16H15ClN4O4. The molecule has 130 valence electrons. The molecule has 25 heavy (non-hydrogen) atoms. The molecule has 0 saturated heterocycles. The van der Waals surface area contributed by atoms with Crippen molar-refractivity contribution in [3.63, 3.8) is 0 Å². The molecule has 0 bridgehead atoms. The van der Waals surface area contributed by atoms with Crippen molar-refractivity contribution >= 4 is 11.6 Å². The molecule has 1 atom stereocenters. The van der Waals surface area contributed by atoms with Crippen molar-refractivity contribution in [3.8, 4) is 0 Å². The van der Waals surface area contributed by atoms with Gasteiger partial charge in [-0.15, -0.1) is 0 Å². The normalized spacial score (nSPS) is 12.8. The van der Waals surface area contributed by atoms with E-state index in [-0.39, 0.29) is 36.4 Å². The van der Waals surface area contributed by atoms with Crippen LogP contribution in [0.1, 0.15) is 30.3 Å². The molecule has 0 fully saturated rings. The van der Waals surface area contributed by atoms with Gasteiger partial charge in [-0.25, -0.2) is 4.79 Å². The third kappa shape index (κ3) is 3.86. The second-order valence-corrected chi connectivity index (χ2v) is 5.88. The van der Waals surface area contributed by atoms with Crippen LogP contribution in [-0.4, -0.2) is 24.8 Å². The van der Waals surface area contributed by atoms with Gasteiger partial charge in [0.2, 0.25) is 5.89 Å². The fourth-order valence-electron chi connectivity index (χ4n) is 2.25. The third-order valence-electron chi connectivity index (χ3n) is 3.60. The SMILES string of the molecule is [2H]c1[nH]c(=O)n(Cc2nc(C[C@H](O)c3ccc(Cl)cc3)no2)c(=O)c1C. The molecule has 2 N–H and O–H groups in total. The van der Waals surface area contributed by atoms with E-state index in [0.717, 1.165) is 4.57 Å². The summed E-state index contributed by atoms with van der Waals surface area (Å²) in [7, 11) is 0. The summed E-state index contributed by atoms with van der Waals surface area (Å²) in [5.41, 5.74) is -0.566. The predicted octanol–water partition coefficient (Wildman–Crippen LogP) is 1.21. The van der Waals surface area contributed by atoms with Crippen molar-refractivity contribution < 1.29 is 11.0 Å². The third-order valence-corrected chi connectivity index (χ3v) is 3.85. The summed E-state index contributed by atoms with van der Waals surface area (Å²) in [6, 6.07) is 6.72. The summed E-state index contributed by atoms with van der Waals surface area (Å²) in [5.74, 6) is 0.286. The predicted molar refractivity (Wildman–Crippen MR) is 89.6 cm³/mol. The lowest BCUT2D eigenvalue weighted by atomic mass is 10.1. The Morgan fingerprint density at radius 1 is 1.40 bits per heavy atom. The summed E-state index contributed by atoms with van der Waals surface area (Å²) < 4.78 is 13.4. The van der Waals surface area contributed by atoms with Gasteiger partial charge in [0.15, 0.2) is 5.82 Å². The number of aromatic amines is 1. The number of nitrogens with one attached hydrogen (secondary N) is 1. The zero-order chi connectivity index (χ0) is 18.8. The zero-order valence-corrected chi connectivity index (χ0v) is 13.9. The Labute approximate surface area is 148 Å². The van der Waals surface area contributed by atoms with Crippen LogP contribution in [0.15, 0.2) is 44.6 Å². The molecule has 0 amide bonds. The van der Waals surface area contributed by atoms with Gasteiger partial charge in [-0.05, 0) is 24.6 Å². The average Bonchev–Trinajstić information content (AvgIpc) is 3.04. The van der Waals surface area contributed by atoms with Crippen LogP contribution in [0.4, 0.5) is 0 Å². The molecule has 2 heterocycles. The Kier molecular flexibility index (Phi) is 4.45. The number of aliphatic hydroxyl groups is 1. The molecule has 0 saturated carbocycles. The Balaban J connectivity index is 1.77. The van der Waals surface area contributed by atoms with Gasteiger partial charge in [0.1, 0.15) is 6.54 Å². The van der Waals surface area contributed by atoms with Crippen molar-refractivity contribution in [2.75, 3.05) is 0 Å². The van der Waals surface area contributed by atoms with Crippen LogP contribution >= 0.6 is 11.6 Å². The zero-order valence-electron chi connectivity index (χ0n) is 14.2. The quantitative estimate of drug-likeness (QED) is 0.704. The van der Waals surface area contributed by atoms with E-state index in [1.165, 1.54) is 6.92 Å². The maximum absolute atomic E-state index is 12.1. The summed E-state index contributed by atoms with van der Waals surface area (Å²) in [6.45, 7) is 1.22. The fourth-order valence-corrected chi connectivity index (χ4v) is 2.38. The highest BCUT2D eigenvalue weighted by Gasteiger charge is 2.15. The van der Waals surface area contributed by atoms with Crippen molar-refractivity contribution in [1.82, 2.24) is 19.7 Å². The molecule has 3 aromatic rings. The minimum absolute atomic E-state index is 0.0491. The maximum Gasteiger partial charge on any atom is 0.328 e. The highest BCUT2D eigenvalue weighted by molar-refractivity contribution is 6.30. The van der Waals surface area contributed by atoms with Gasteiger partial charge in [-0.2, -0.15) is 4.98 Å². The molecule has 0 radical (unpaired) electrons. The van der Waals surface area contributed by atoms with Crippen LogP contribution in [0.5, 0.6) is 0 Å². The van der Waals surface area contributed by atoms with Gasteiger partial charge >= 0.3 is 5.69 Å². The lowest BCUT2D eigenvalue weighted by Crippen LogP contribution is -2.36. The van der Waals surface area contributed by atoms with Crippen molar-refractivity contribution in [1.29, 1.82) is 0 Å². The van der Waals surface area contributed by atoms with E-state index < -0.39 is 17.4 Å². The van der Waals surface area contributed by atoms with Gasteiger partial charge in [0, 0.05) is 23.2 Å². The first-order chi connectivity index (χ1) is 12.3. The van der Waals surface area contributed by atoms with E-state index in [1.807, 2.05) is 0 Å².